The van der Waals surface area contributed by atoms with Crippen molar-refractivity contribution in [2.45, 2.75) is 105 Å². The summed E-state index contributed by atoms with van der Waals surface area (Å²) >= 11 is 0. The van der Waals surface area contributed by atoms with Gasteiger partial charge in [-0.05, 0) is 90.3 Å². The van der Waals surface area contributed by atoms with Crippen molar-refractivity contribution in [1.82, 2.24) is 40.0 Å². The Hall–Kier alpha value is -6.37. The molecule has 18 nitrogen and oxygen atoms in total. The first-order valence-electron chi connectivity index (χ1n) is 24.2. The van der Waals surface area contributed by atoms with Crippen molar-refractivity contribution in [3.8, 4) is 28.1 Å². The Bertz CT molecular complexity index is 2650. The number of fused-ring (bicyclic) bond motifs is 6. The number of likely N-dealkylation sites (tertiary alicyclic amines) is 1. The molecule has 1 unspecified atom stereocenters. The zero-order valence-corrected chi connectivity index (χ0v) is 41.9. The summed E-state index contributed by atoms with van der Waals surface area (Å²) in [7, 11) is 4.59. The lowest BCUT2D eigenvalue weighted by Gasteiger charge is -2.37. The molecule has 3 aliphatic rings. The summed E-state index contributed by atoms with van der Waals surface area (Å²) in [4.78, 5) is 91.3. The zero-order valence-electron chi connectivity index (χ0n) is 41.9. The average molecular weight is 964 g/mol. The Morgan fingerprint density at radius 2 is 1.81 bits per heavy atom. The van der Waals surface area contributed by atoms with Crippen molar-refractivity contribution >= 4 is 46.4 Å². The molecule has 0 radical (unpaired) electrons. The van der Waals surface area contributed by atoms with Crippen LogP contribution in [0, 0.1) is 17.3 Å². The van der Waals surface area contributed by atoms with E-state index < -0.39 is 71.0 Å². The van der Waals surface area contributed by atoms with Gasteiger partial charge in [0.2, 0.25) is 23.6 Å². The van der Waals surface area contributed by atoms with E-state index in [-0.39, 0.29) is 50.9 Å². The number of aromatic hydroxyl groups is 1. The van der Waals surface area contributed by atoms with Crippen molar-refractivity contribution in [3.63, 3.8) is 0 Å². The number of aromatic nitrogens is 2. The van der Waals surface area contributed by atoms with Crippen LogP contribution in [0.25, 0.3) is 33.3 Å². The number of nitrogens with one attached hydrogen (secondary N) is 2. The number of rotatable bonds is 12. The number of nitrogens with zero attached hydrogens (tertiary/aromatic N) is 6. The fourth-order valence-corrected chi connectivity index (χ4v) is 10.1. The molecule has 0 spiro atoms. The van der Waals surface area contributed by atoms with Crippen LogP contribution in [-0.2, 0) is 64.2 Å². The summed E-state index contributed by atoms with van der Waals surface area (Å²) in [6, 6.07) is 9.72. The Balaban J connectivity index is 1.24. The van der Waals surface area contributed by atoms with Crippen LogP contribution < -0.4 is 16.5 Å². The van der Waals surface area contributed by atoms with E-state index in [2.05, 4.69) is 53.2 Å². The number of benzene rings is 2. The lowest BCUT2D eigenvalue weighted by Crippen LogP contribution is -2.62. The highest BCUT2D eigenvalue weighted by molar-refractivity contribution is 5.96. The number of hydrazine groups is 1. The van der Waals surface area contributed by atoms with Crippen LogP contribution in [0.2, 0.25) is 0 Å². The summed E-state index contributed by atoms with van der Waals surface area (Å²) < 4.78 is 14.0. The van der Waals surface area contributed by atoms with Crippen molar-refractivity contribution in [3.05, 3.63) is 71.5 Å². The van der Waals surface area contributed by atoms with Crippen molar-refractivity contribution in [2.75, 3.05) is 54.0 Å². The summed E-state index contributed by atoms with van der Waals surface area (Å²) in [6.07, 6.45) is 4.98. The third-order valence-electron chi connectivity index (χ3n) is 13.9. The van der Waals surface area contributed by atoms with Gasteiger partial charge in [0.05, 0.1) is 37.9 Å². The molecular weight excluding hydrogens is 895 g/mol. The molecule has 2 aromatic carbocycles. The Morgan fingerprint density at radius 3 is 2.50 bits per heavy atom. The van der Waals surface area contributed by atoms with E-state index in [1.807, 2.05) is 24.4 Å². The van der Waals surface area contributed by atoms with Crippen LogP contribution in [0.5, 0.6) is 5.75 Å². The van der Waals surface area contributed by atoms with Crippen LogP contribution in [0.3, 0.4) is 0 Å². The molecule has 7 rings (SSSR count). The molecule has 6 bridgehead atoms. The molecule has 0 saturated carbocycles. The van der Waals surface area contributed by atoms with Gasteiger partial charge in [-0.25, -0.2) is 5.43 Å². The highest BCUT2D eigenvalue weighted by Crippen LogP contribution is 2.41. The molecule has 0 aliphatic carbocycles. The number of carbonyl (C=O) groups is 6. The molecule has 376 valence electrons. The van der Waals surface area contributed by atoms with Crippen LogP contribution in [-0.4, -0.2) is 148 Å². The van der Waals surface area contributed by atoms with Crippen LogP contribution in [0.1, 0.15) is 71.1 Å². The maximum atomic E-state index is 14.7. The second kappa shape index (κ2) is 21.3. The summed E-state index contributed by atoms with van der Waals surface area (Å²) in [5.41, 5.74) is 15.6. The van der Waals surface area contributed by atoms with Gasteiger partial charge in [0, 0.05) is 87.6 Å². The summed E-state index contributed by atoms with van der Waals surface area (Å²) in [5, 5.41) is 16.6. The standard InChI is InChI=1S/C52H69N9O9/c1-10-60-43-14-13-33-22-37(43)38(47(60)39-24-54-16-15-34(39)28-69-9)23-52(5,6)29-70-51(68)41-12-11-17-61(56-41)50(67)42(20-32-18-35(33)21-36(62)19-32)55-48(65)46(30(2)3)58(8)45(64)26-57(7)44(63)27-59-25-40(53)31(4)49(59)66/h13-16,18-19,21-22,24,30-31,40-42,46,56,62H,10-12,17,20,23,25-29,53H2,1-9H3,(H,55,65)/t31-,40?,41-,42-,46-/m0/s1. The number of cyclic esters (lactones) is 1. The van der Waals surface area contributed by atoms with Gasteiger partial charge in [0.25, 0.3) is 5.91 Å². The number of methoxy groups -OCH3 is 1. The average Bonchev–Trinajstić information content (AvgIpc) is 3.75. The number of ether oxygens (including phenoxy) is 2. The van der Waals surface area contributed by atoms with Crippen molar-refractivity contribution in [2.24, 2.45) is 23.0 Å². The van der Waals surface area contributed by atoms with E-state index in [0.29, 0.717) is 43.5 Å². The van der Waals surface area contributed by atoms with Gasteiger partial charge in [-0.15, -0.1) is 0 Å². The SMILES string of the molecule is CCn1c(-c2cnccc2COC)c2c3cc(ccc31)-c1cc(O)cc(c1)C[C@H](NC(=O)[C@H](C(C)C)N(C)C(=O)CN(C)C(=O)CN1CC(N)[C@H](C)C1=O)C(=O)N1CCC[C@H](N1)C(=O)OCC(C)(C)C2. The maximum absolute atomic E-state index is 14.7. The highest BCUT2D eigenvalue weighted by Gasteiger charge is 2.39. The smallest absolute Gasteiger partial charge is 0.324 e. The molecule has 5 N–H and O–H groups in total. The number of pyridine rings is 1. The number of amides is 5. The van der Waals surface area contributed by atoms with Crippen LogP contribution in [0.15, 0.2) is 54.9 Å². The number of nitrogens with two attached hydrogens (primary N) is 1. The van der Waals surface area contributed by atoms with Gasteiger partial charge < -0.3 is 44.9 Å². The Morgan fingerprint density at radius 1 is 1.06 bits per heavy atom. The highest BCUT2D eigenvalue weighted by atomic mass is 16.5. The molecule has 2 aromatic heterocycles. The lowest BCUT2D eigenvalue weighted by molar-refractivity contribution is -0.155. The molecule has 18 heteroatoms. The van der Waals surface area contributed by atoms with Crippen LogP contribution in [0.4, 0.5) is 0 Å². The first-order chi connectivity index (χ1) is 33.2. The van der Waals surface area contributed by atoms with Crippen molar-refractivity contribution < 1.29 is 43.3 Å². The molecular formula is C52H69N9O9. The molecule has 5 heterocycles. The fraction of sp³-hybridized carbons (Fsp3) is 0.519. The molecule has 2 saturated heterocycles. The van der Waals surface area contributed by atoms with E-state index in [9.17, 15) is 33.9 Å². The first-order valence-corrected chi connectivity index (χ1v) is 24.2. The fourth-order valence-electron chi connectivity index (χ4n) is 10.1. The number of likely N-dealkylation sites (N-methyl/N-ethyl adjacent to an activating group) is 2. The van der Waals surface area contributed by atoms with Gasteiger partial charge in [0.1, 0.15) is 23.9 Å². The third kappa shape index (κ3) is 11.0. The predicted molar refractivity (Wildman–Crippen MR) is 263 cm³/mol. The minimum absolute atomic E-state index is 0.0401. The number of aryl methyl sites for hydroxylation is 1. The molecule has 3 aliphatic heterocycles. The molecule has 4 aromatic rings. The monoisotopic (exact) mass is 964 g/mol. The van der Waals surface area contributed by atoms with E-state index in [4.69, 9.17) is 15.2 Å². The molecule has 70 heavy (non-hydrogen) atoms. The van der Waals surface area contributed by atoms with Crippen molar-refractivity contribution in [1.29, 1.82) is 0 Å². The number of phenols is 1. The van der Waals surface area contributed by atoms with E-state index in [1.165, 1.54) is 33.8 Å². The summed E-state index contributed by atoms with van der Waals surface area (Å²) in [5.74, 6) is -3.75. The zero-order chi connectivity index (χ0) is 50.8. The normalized spacial score (nSPS) is 21.1. The first kappa shape index (κ1) is 51.5. The second-order valence-electron chi connectivity index (χ2n) is 20.3. The lowest BCUT2D eigenvalue weighted by atomic mass is 9.84. The quantitative estimate of drug-likeness (QED) is 0.150. The van der Waals surface area contributed by atoms with E-state index in [1.54, 1.807) is 46.2 Å². The van der Waals surface area contributed by atoms with Gasteiger partial charge in [0.15, 0.2) is 0 Å². The third-order valence-corrected chi connectivity index (χ3v) is 13.9. The minimum Gasteiger partial charge on any atom is -0.508 e. The Kier molecular flexibility index (Phi) is 15.7. The van der Waals surface area contributed by atoms with E-state index >= 15 is 0 Å². The number of phenolic OH excluding ortho intramolecular Hbond substituents is 1. The minimum atomic E-state index is -1.22. The number of hydrogen-bond acceptors (Lipinski definition) is 12. The topological polar surface area (TPSA) is 222 Å². The van der Waals surface area contributed by atoms with Crippen LogP contribution >= 0.6 is 0 Å². The van der Waals surface area contributed by atoms with Gasteiger partial charge in [-0.1, -0.05) is 46.8 Å². The predicted octanol–water partition coefficient (Wildman–Crippen LogP) is 3.64. The Labute approximate surface area is 409 Å². The molecule has 2 fully saturated rings. The van der Waals surface area contributed by atoms with Gasteiger partial charge in [-0.2, -0.15) is 0 Å². The van der Waals surface area contributed by atoms with E-state index in [0.717, 1.165) is 38.9 Å². The van der Waals surface area contributed by atoms with Gasteiger partial charge >= 0.3 is 5.97 Å². The number of carbonyl (C=O) groups excluding carboxylic acids is 6. The van der Waals surface area contributed by atoms with Gasteiger partial charge in [-0.3, -0.25) is 38.8 Å². The second-order valence-corrected chi connectivity index (χ2v) is 20.3. The maximum Gasteiger partial charge on any atom is 0.324 e. The number of esters is 1. The molecule has 5 atom stereocenters. The largest absolute Gasteiger partial charge is 0.508 e. The number of hydrogen-bond donors (Lipinski definition) is 4. The molecule has 5 amide bonds. The summed E-state index contributed by atoms with van der Waals surface area (Å²) in [6.45, 7) is 12.5.